The molecule has 1 aromatic heterocycles. The van der Waals surface area contributed by atoms with Crippen LogP contribution in [0.1, 0.15) is 24.1 Å². The molecule has 1 saturated heterocycles. The van der Waals surface area contributed by atoms with Crippen LogP contribution in [0.2, 0.25) is 0 Å². The first-order valence-corrected chi connectivity index (χ1v) is 6.44. The Balaban J connectivity index is 1.95. The van der Waals surface area contributed by atoms with Crippen molar-refractivity contribution in [1.29, 1.82) is 0 Å². The summed E-state index contributed by atoms with van der Waals surface area (Å²) < 4.78 is 0. The van der Waals surface area contributed by atoms with Gasteiger partial charge >= 0.3 is 0 Å². The second-order valence-electron chi connectivity index (χ2n) is 4.22. The van der Waals surface area contributed by atoms with Crippen molar-refractivity contribution in [1.82, 2.24) is 9.88 Å². The lowest BCUT2D eigenvalue weighted by Crippen LogP contribution is -2.33. The third-order valence-electron chi connectivity index (χ3n) is 3.01. The Bertz CT molecular complexity index is 319. The highest BCUT2D eigenvalue weighted by Crippen LogP contribution is 2.19. The average Bonchev–Trinajstić information content (AvgIpc) is 2.25. The van der Waals surface area contributed by atoms with Gasteiger partial charge in [-0.15, -0.1) is 0 Å². The molecule has 2 rings (SSSR count). The van der Waals surface area contributed by atoms with E-state index >= 15 is 0 Å². The van der Waals surface area contributed by atoms with Gasteiger partial charge in [-0.1, -0.05) is 22.0 Å². The summed E-state index contributed by atoms with van der Waals surface area (Å²) in [5, 5.41) is 0. The molecule has 0 aliphatic carbocycles. The molecule has 2 nitrogen and oxygen atoms in total. The predicted octanol–water partition coefficient (Wildman–Crippen LogP) is 2.75. The molecular formula is C12H17BrN2. The summed E-state index contributed by atoms with van der Waals surface area (Å²) >= 11 is 3.67. The van der Waals surface area contributed by atoms with E-state index in [9.17, 15) is 0 Å². The number of rotatable bonds is 2. The highest BCUT2D eigenvalue weighted by Gasteiger charge is 2.17. The Labute approximate surface area is 99.8 Å². The van der Waals surface area contributed by atoms with E-state index in [2.05, 4.69) is 38.8 Å². The number of aryl methyl sites for hydroxylation is 1. The summed E-state index contributed by atoms with van der Waals surface area (Å²) in [6, 6.07) is 4.14. The third-order valence-corrected chi connectivity index (χ3v) is 3.92. The van der Waals surface area contributed by atoms with Crippen LogP contribution in [0, 0.1) is 6.92 Å². The van der Waals surface area contributed by atoms with Crippen LogP contribution in [0.4, 0.5) is 0 Å². The van der Waals surface area contributed by atoms with Gasteiger partial charge in [-0.2, -0.15) is 0 Å². The number of piperidine rings is 1. The smallest absolute Gasteiger partial charge is 0.0573 e. The maximum Gasteiger partial charge on any atom is 0.0573 e. The molecule has 0 N–H and O–H groups in total. The Kier molecular flexibility index (Phi) is 3.76. The minimum atomic E-state index is 0.721. The molecule has 0 aromatic carbocycles. The fraction of sp³-hybridized carbons (Fsp3) is 0.583. The van der Waals surface area contributed by atoms with Crippen LogP contribution in [0.25, 0.3) is 0 Å². The van der Waals surface area contributed by atoms with E-state index in [1.807, 2.05) is 12.3 Å². The lowest BCUT2D eigenvalue weighted by molar-refractivity contribution is 0.223. The molecule has 2 heterocycles. The van der Waals surface area contributed by atoms with Crippen molar-refractivity contribution in [3.05, 3.63) is 29.6 Å². The lowest BCUT2D eigenvalue weighted by Gasteiger charge is -2.29. The molecule has 0 bridgehead atoms. The SMILES string of the molecule is Cc1cccnc1CN1CCC(Br)CC1. The van der Waals surface area contributed by atoms with Gasteiger partial charge in [-0.05, 0) is 44.5 Å². The maximum absolute atomic E-state index is 4.44. The van der Waals surface area contributed by atoms with Crippen LogP contribution in [-0.4, -0.2) is 27.8 Å². The zero-order valence-electron chi connectivity index (χ0n) is 9.12. The highest BCUT2D eigenvalue weighted by molar-refractivity contribution is 9.09. The summed E-state index contributed by atoms with van der Waals surface area (Å²) in [5.74, 6) is 0. The van der Waals surface area contributed by atoms with Crippen LogP contribution >= 0.6 is 15.9 Å². The van der Waals surface area contributed by atoms with Crippen LogP contribution in [0.15, 0.2) is 18.3 Å². The second kappa shape index (κ2) is 5.08. The van der Waals surface area contributed by atoms with Crippen molar-refractivity contribution in [3.8, 4) is 0 Å². The van der Waals surface area contributed by atoms with Gasteiger partial charge in [0.05, 0.1) is 5.69 Å². The van der Waals surface area contributed by atoms with E-state index in [1.54, 1.807) is 0 Å². The molecule has 15 heavy (non-hydrogen) atoms. The van der Waals surface area contributed by atoms with Crippen LogP contribution in [-0.2, 0) is 6.54 Å². The van der Waals surface area contributed by atoms with Crippen molar-refractivity contribution in [2.45, 2.75) is 31.1 Å². The van der Waals surface area contributed by atoms with Crippen molar-refractivity contribution in [3.63, 3.8) is 0 Å². The number of alkyl halides is 1. The number of aromatic nitrogens is 1. The topological polar surface area (TPSA) is 16.1 Å². The zero-order valence-corrected chi connectivity index (χ0v) is 10.7. The number of hydrogen-bond donors (Lipinski definition) is 0. The Hall–Kier alpha value is -0.410. The predicted molar refractivity (Wildman–Crippen MR) is 66.2 cm³/mol. The number of pyridine rings is 1. The highest BCUT2D eigenvalue weighted by atomic mass is 79.9. The maximum atomic E-state index is 4.44. The first-order valence-electron chi connectivity index (χ1n) is 5.52. The van der Waals surface area contributed by atoms with Gasteiger partial charge in [-0.25, -0.2) is 0 Å². The molecule has 0 spiro atoms. The molecule has 1 aromatic rings. The monoisotopic (exact) mass is 268 g/mol. The van der Waals surface area contributed by atoms with E-state index in [-0.39, 0.29) is 0 Å². The first kappa shape index (κ1) is 11.1. The van der Waals surface area contributed by atoms with Gasteiger partial charge in [0.2, 0.25) is 0 Å². The Morgan fingerprint density at radius 2 is 2.20 bits per heavy atom. The second-order valence-corrected chi connectivity index (χ2v) is 5.51. The van der Waals surface area contributed by atoms with E-state index in [0.717, 1.165) is 11.4 Å². The van der Waals surface area contributed by atoms with Crippen molar-refractivity contribution in [2.75, 3.05) is 13.1 Å². The fourth-order valence-electron chi connectivity index (χ4n) is 1.96. The molecule has 0 radical (unpaired) electrons. The van der Waals surface area contributed by atoms with Crippen molar-refractivity contribution >= 4 is 15.9 Å². The number of nitrogens with zero attached hydrogens (tertiary/aromatic N) is 2. The van der Waals surface area contributed by atoms with Gasteiger partial charge in [-0.3, -0.25) is 9.88 Å². The molecule has 1 aliphatic rings. The van der Waals surface area contributed by atoms with Crippen LogP contribution < -0.4 is 0 Å². The molecule has 0 atom stereocenters. The first-order chi connectivity index (χ1) is 7.25. The molecule has 0 amide bonds. The molecule has 0 unspecified atom stereocenters. The standard InChI is InChI=1S/C12H17BrN2/c1-10-3-2-6-14-12(10)9-15-7-4-11(13)5-8-15/h2-3,6,11H,4-5,7-9H2,1H3. The minimum absolute atomic E-state index is 0.721. The molecule has 3 heteroatoms. The summed E-state index contributed by atoms with van der Waals surface area (Å²) in [7, 11) is 0. The largest absolute Gasteiger partial charge is 0.297 e. The molecule has 1 aliphatic heterocycles. The number of halogens is 1. The molecule has 0 saturated carbocycles. The van der Waals surface area contributed by atoms with E-state index in [0.29, 0.717) is 0 Å². The normalized spacial score (nSPS) is 19.3. The van der Waals surface area contributed by atoms with E-state index < -0.39 is 0 Å². The fourth-order valence-corrected chi connectivity index (χ4v) is 2.36. The quantitative estimate of drug-likeness (QED) is 0.767. The van der Waals surface area contributed by atoms with Crippen LogP contribution in [0.3, 0.4) is 0 Å². The Morgan fingerprint density at radius 1 is 1.47 bits per heavy atom. The molecule has 82 valence electrons. The summed E-state index contributed by atoms with van der Waals surface area (Å²) in [5.41, 5.74) is 2.53. The minimum Gasteiger partial charge on any atom is -0.297 e. The van der Waals surface area contributed by atoms with Gasteiger partial charge in [0.1, 0.15) is 0 Å². The number of hydrogen-bond acceptors (Lipinski definition) is 2. The zero-order chi connectivity index (χ0) is 10.7. The van der Waals surface area contributed by atoms with Crippen LogP contribution in [0.5, 0.6) is 0 Å². The van der Waals surface area contributed by atoms with Gasteiger partial charge in [0, 0.05) is 17.6 Å². The summed E-state index contributed by atoms with van der Waals surface area (Å²) in [4.78, 5) is 7.65. The van der Waals surface area contributed by atoms with Gasteiger partial charge < -0.3 is 0 Å². The molecular weight excluding hydrogens is 252 g/mol. The lowest BCUT2D eigenvalue weighted by atomic mass is 10.1. The Morgan fingerprint density at radius 3 is 2.87 bits per heavy atom. The summed E-state index contributed by atoms with van der Waals surface area (Å²) in [6.45, 7) is 5.52. The average molecular weight is 269 g/mol. The van der Waals surface area contributed by atoms with E-state index in [4.69, 9.17) is 0 Å². The van der Waals surface area contributed by atoms with Crippen molar-refractivity contribution in [2.24, 2.45) is 0 Å². The number of likely N-dealkylation sites (tertiary alicyclic amines) is 1. The van der Waals surface area contributed by atoms with Crippen molar-refractivity contribution < 1.29 is 0 Å². The molecule has 1 fully saturated rings. The third kappa shape index (κ3) is 3.02. The van der Waals surface area contributed by atoms with E-state index in [1.165, 1.54) is 37.2 Å². The van der Waals surface area contributed by atoms with Gasteiger partial charge in [0.25, 0.3) is 0 Å². The summed E-state index contributed by atoms with van der Waals surface area (Å²) in [6.07, 6.45) is 4.40. The van der Waals surface area contributed by atoms with Gasteiger partial charge in [0.15, 0.2) is 0 Å².